The highest BCUT2D eigenvalue weighted by molar-refractivity contribution is 9.10. The van der Waals surface area contributed by atoms with Gasteiger partial charge in [-0.05, 0) is 37.2 Å². The van der Waals surface area contributed by atoms with Crippen LogP contribution in [0.15, 0.2) is 35.3 Å². The molecule has 0 saturated carbocycles. The second kappa shape index (κ2) is 6.22. The maximum Gasteiger partial charge on any atom is 0.119 e. The molecule has 17 heavy (non-hydrogen) atoms. The van der Waals surface area contributed by atoms with Gasteiger partial charge in [0.05, 0.1) is 7.11 Å². The van der Waals surface area contributed by atoms with E-state index in [1.54, 1.807) is 7.11 Å². The molecule has 0 spiro atoms. The molecule has 0 bridgehead atoms. The molecule has 1 aromatic carbocycles. The highest BCUT2D eigenvalue weighted by Crippen LogP contribution is 2.30. The smallest absolute Gasteiger partial charge is 0.119 e. The van der Waals surface area contributed by atoms with Crippen molar-refractivity contribution >= 4 is 15.9 Å². The molecule has 1 unspecified atom stereocenters. The quantitative estimate of drug-likeness (QED) is 0.813. The summed E-state index contributed by atoms with van der Waals surface area (Å²) in [5, 5.41) is 3.21. The van der Waals surface area contributed by atoms with Crippen molar-refractivity contribution in [1.29, 1.82) is 0 Å². The lowest BCUT2D eigenvalue weighted by Crippen LogP contribution is -2.29. The highest BCUT2D eigenvalue weighted by atomic mass is 79.9. The van der Waals surface area contributed by atoms with Gasteiger partial charge in [-0.25, -0.2) is 0 Å². The fourth-order valence-corrected chi connectivity index (χ4v) is 2.25. The third kappa shape index (κ3) is 3.86. The van der Waals surface area contributed by atoms with E-state index in [4.69, 9.17) is 4.74 Å². The largest absolute Gasteiger partial charge is 0.497 e. The molecule has 2 nitrogen and oxygen atoms in total. The van der Waals surface area contributed by atoms with Gasteiger partial charge in [0, 0.05) is 16.4 Å². The zero-order valence-corrected chi connectivity index (χ0v) is 12.3. The predicted octanol–water partition coefficient (Wildman–Crippen LogP) is 3.41. The monoisotopic (exact) mass is 297 g/mol. The van der Waals surface area contributed by atoms with Crippen LogP contribution >= 0.6 is 15.9 Å². The van der Waals surface area contributed by atoms with Gasteiger partial charge in [-0.1, -0.05) is 28.9 Å². The van der Waals surface area contributed by atoms with Crippen molar-refractivity contribution < 1.29 is 4.74 Å². The summed E-state index contributed by atoms with van der Waals surface area (Å²) in [6, 6.07) is 6.05. The summed E-state index contributed by atoms with van der Waals surface area (Å²) in [5.74, 6) is 0.888. The van der Waals surface area contributed by atoms with Gasteiger partial charge in [-0.2, -0.15) is 0 Å². The molecule has 0 aliphatic carbocycles. The van der Waals surface area contributed by atoms with Gasteiger partial charge in [0.1, 0.15) is 5.75 Å². The molecule has 1 aromatic rings. The van der Waals surface area contributed by atoms with E-state index in [1.807, 2.05) is 25.3 Å². The molecule has 94 valence electrons. The maximum atomic E-state index is 5.26. The normalized spacial score (nSPS) is 14.1. The van der Waals surface area contributed by atoms with Crippen molar-refractivity contribution in [3.63, 3.8) is 0 Å². The SMILES string of the molecule is C=CC(C)(CNC)Cc1cc(OC)ccc1Br. The second-order valence-corrected chi connectivity index (χ2v) is 5.38. The van der Waals surface area contributed by atoms with Crippen molar-refractivity contribution in [3.05, 3.63) is 40.9 Å². The first-order chi connectivity index (χ1) is 8.04. The van der Waals surface area contributed by atoms with Gasteiger partial charge in [0.15, 0.2) is 0 Å². The predicted molar refractivity (Wildman–Crippen MR) is 76.6 cm³/mol. The van der Waals surface area contributed by atoms with E-state index in [1.165, 1.54) is 5.56 Å². The minimum Gasteiger partial charge on any atom is -0.497 e. The van der Waals surface area contributed by atoms with Crippen LogP contribution < -0.4 is 10.1 Å². The highest BCUT2D eigenvalue weighted by Gasteiger charge is 2.21. The van der Waals surface area contributed by atoms with Crippen molar-refractivity contribution in [2.75, 3.05) is 20.7 Å². The Morgan fingerprint density at radius 1 is 1.53 bits per heavy atom. The standard InChI is InChI=1S/C14H20BrNO/c1-5-14(2,10-16-3)9-11-8-12(17-4)6-7-13(11)15/h5-8,16H,1,9-10H2,2-4H3. The summed E-state index contributed by atoms with van der Waals surface area (Å²) in [6.07, 6.45) is 2.94. The first-order valence-electron chi connectivity index (χ1n) is 5.65. The van der Waals surface area contributed by atoms with Crippen LogP contribution in [-0.2, 0) is 6.42 Å². The van der Waals surface area contributed by atoms with Gasteiger partial charge >= 0.3 is 0 Å². The summed E-state index contributed by atoms with van der Waals surface area (Å²) < 4.78 is 6.37. The third-order valence-corrected chi connectivity index (χ3v) is 3.69. The van der Waals surface area contributed by atoms with E-state index in [0.29, 0.717) is 0 Å². The minimum atomic E-state index is 0.0453. The Morgan fingerprint density at radius 2 is 2.24 bits per heavy atom. The molecule has 1 rings (SSSR count). The number of nitrogens with one attached hydrogen (secondary N) is 1. The van der Waals surface area contributed by atoms with Gasteiger partial charge < -0.3 is 10.1 Å². The molecule has 1 atom stereocenters. The number of benzene rings is 1. The molecule has 0 heterocycles. The van der Waals surface area contributed by atoms with Crippen LogP contribution in [0.2, 0.25) is 0 Å². The molecule has 0 aliphatic heterocycles. The van der Waals surface area contributed by atoms with Gasteiger partial charge in [-0.3, -0.25) is 0 Å². The molecular formula is C14H20BrNO. The first-order valence-corrected chi connectivity index (χ1v) is 6.44. The van der Waals surface area contributed by atoms with Gasteiger partial charge in [0.2, 0.25) is 0 Å². The number of hydrogen-bond donors (Lipinski definition) is 1. The van der Waals surface area contributed by atoms with Gasteiger partial charge in [-0.15, -0.1) is 6.58 Å². The number of methoxy groups -OCH3 is 1. The van der Waals surface area contributed by atoms with E-state index in [2.05, 4.69) is 40.8 Å². The Bertz CT molecular complexity index is 392. The lowest BCUT2D eigenvalue weighted by atomic mass is 9.83. The Labute approximate surface area is 112 Å². The second-order valence-electron chi connectivity index (χ2n) is 4.52. The average molecular weight is 298 g/mol. The van der Waals surface area contributed by atoms with Crippen LogP contribution in [0.25, 0.3) is 0 Å². The van der Waals surface area contributed by atoms with Crippen molar-refractivity contribution in [2.45, 2.75) is 13.3 Å². The topological polar surface area (TPSA) is 21.3 Å². The van der Waals surface area contributed by atoms with E-state index in [0.717, 1.165) is 23.2 Å². The van der Waals surface area contributed by atoms with E-state index in [9.17, 15) is 0 Å². The molecule has 0 saturated heterocycles. The molecule has 0 radical (unpaired) electrons. The number of rotatable bonds is 6. The zero-order valence-electron chi connectivity index (χ0n) is 10.7. The summed E-state index contributed by atoms with van der Waals surface area (Å²) in [6.45, 7) is 7.03. The first kappa shape index (κ1) is 14.3. The fourth-order valence-electron chi connectivity index (χ4n) is 1.86. The lowest BCUT2D eigenvalue weighted by molar-refractivity contribution is 0.399. The molecule has 0 aliphatic rings. The number of hydrogen-bond acceptors (Lipinski definition) is 2. The Hall–Kier alpha value is -0.800. The van der Waals surface area contributed by atoms with E-state index >= 15 is 0 Å². The van der Waals surface area contributed by atoms with Crippen LogP contribution in [0.5, 0.6) is 5.75 Å². The molecular weight excluding hydrogens is 278 g/mol. The Kier molecular flexibility index (Phi) is 5.22. The van der Waals surface area contributed by atoms with Crippen LogP contribution in [0.1, 0.15) is 12.5 Å². The van der Waals surface area contributed by atoms with E-state index in [-0.39, 0.29) is 5.41 Å². The Morgan fingerprint density at radius 3 is 2.76 bits per heavy atom. The minimum absolute atomic E-state index is 0.0453. The molecule has 1 N–H and O–H groups in total. The van der Waals surface area contributed by atoms with Crippen LogP contribution in [0.4, 0.5) is 0 Å². The molecule has 3 heteroatoms. The summed E-state index contributed by atoms with van der Waals surface area (Å²) in [7, 11) is 3.65. The molecule has 0 aromatic heterocycles. The lowest BCUT2D eigenvalue weighted by Gasteiger charge is -2.26. The van der Waals surface area contributed by atoms with Gasteiger partial charge in [0.25, 0.3) is 0 Å². The number of ether oxygens (including phenoxy) is 1. The van der Waals surface area contributed by atoms with Crippen LogP contribution in [-0.4, -0.2) is 20.7 Å². The van der Waals surface area contributed by atoms with E-state index < -0.39 is 0 Å². The fraction of sp³-hybridized carbons (Fsp3) is 0.429. The maximum absolute atomic E-state index is 5.26. The summed E-state index contributed by atoms with van der Waals surface area (Å²) in [4.78, 5) is 0. The van der Waals surface area contributed by atoms with Crippen molar-refractivity contribution in [2.24, 2.45) is 5.41 Å². The number of halogens is 1. The third-order valence-electron chi connectivity index (χ3n) is 2.92. The summed E-state index contributed by atoms with van der Waals surface area (Å²) >= 11 is 3.58. The molecule has 0 amide bonds. The zero-order chi connectivity index (χ0) is 12.9. The van der Waals surface area contributed by atoms with Crippen LogP contribution in [0, 0.1) is 5.41 Å². The summed E-state index contributed by atoms with van der Waals surface area (Å²) in [5.41, 5.74) is 1.28. The average Bonchev–Trinajstić information content (AvgIpc) is 2.32. The van der Waals surface area contributed by atoms with Crippen LogP contribution in [0.3, 0.4) is 0 Å². The van der Waals surface area contributed by atoms with Crippen molar-refractivity contribution in [3.8, 4) is 5.75 Å². The Balaban J connectivity index is 2.96. The molecule has 0 fully saturated rings. The van der Waals surface area contributed by atoms with Crippen molar-refractivity contribution in [1.82, 2.24) is 5.32 Å².